The van der Waals surface area contributed by atoms with E-state index in [-0.39, 0.29) is 0 Å². The third-order valence-corrected chi connectivity index (χ3v) is 4.41. The first-order valence-electron chi connectivity index (χ1n) is 9.05. The molecule has 0 radical (unpaired) electrons. The maximum absolute atomic E-state index is 8.14. The molecular formula is C19H26N8O. The van der Waals surface area contributed by atoms with E-state index in [1.807, 2.05) is 32.3 Å². The van der Waals surface area contributed by atoms with Gasteiger partial charge in [0.25, 0.3) is 0 Å². The highest BCUT2D eigenvalue weighted by atomic mass is 16.5. The number of piperidine rings is 1. The SMILES string of the molecule is CNc1cc(C)nc(Nc2cc(N/C=C3/CN(C)CCC3=N)c(OC)cn2)n1. The summed E-state index contributed by atoms with van der Waals surface area (Å²) in [6.45, 7) is 3.56. The normalized spacial score (nSPS) is 16.1. The van der Waals surface area contributed by atoms with Crippen molar-refractivity contribution in [2.45, 2.75) is 13.3 Å². The van der Waals surface area contributed by atoms with Crippen molar-refractivity contribution in [1.82, 2.24) is 19.9 Å². The molecule has 9 heteroatoms. The van der Waals surface area contributed by atoms with E-state index >= 15 is 0 Å². The molecule has 0 spiro atoms. The Morgan fingerprint density at radius 1 is 1.25 bits per heavy atom. The average molecular weight is 382 g/mol. The van der Waals surface area contributed by atoms with Gasteiger partial charge in [-0.3, -0.25) is 0 Å². The molecule has 0 saturated carbocycles. The van der Waals surface area contributed by atoms with Gasteiger partial charge in [-0.05, 0) is 14.0 Å². The van der Waals surface area contributed by atoms with E-state index in [9.17, 15) is 0 Å². The van der Waals surface area contributed by atoms with Gasteiger partial charge < -0.3 is 31.0 Å². The molecule has 2 aromatic rings. The molecule has 0 atom stereocenters. The monoisotopic (exact) mass is 382 g/mol. The van der Waals surface area contributed by atoms with Crippen LogP contribution in [-0.4, -0.2) is 59.9 Å². The smallest absolute Gasteiger partial charge is 0.230 e. The number of pyridine rings is 1. The van der Waals surface area contributed by atoms with E-state index in [1.165, 1.54) is 0 Å². The van der Waals surface area contributed by atoms with Crippen LogP contribution in [-0.2, 0) is 0 Å². The van der Waals surface area contributed by atoms with E-state index in [4.69, 9.17) is 10.1 Å². The lowest BCUT2D eigenvalue weighted by atomic mass is 10.0. The minimum atomic E-state index is 0.460. The number of likely N-dealkylation sites (N-methyl/N-ethyl adjacent to an activating group) is 1. The Labute approximate surface area is 164 Å². The molecule has 1 aliphatic rings. The standard InChI is InChI=1S/C19H26N8O/c1-12-7-17(21-2)25-19(24-12)26-18-8-15(16(28-4)10-23-18)22-9-13-11-27(3)6-5-14(13)20/h7-10,20H,5-6,11H2,1-4H3,(H3,21,22,23,24,25,26)/b13-9-,20-14?. The Balaban J connectivity index is 1.82. The molecule has 1 saturated heterocycles. The summed E-state index contributed by atoms with van der Waals surface area (Å²) < 4.78 is 5.41. The van der Waals surface area contributed by atoms with Gasteiger partial charge in [0.05, 0.1) is 19.0 Å². The third-order valence-electron chi connectivity index (χ3n) is 4.41. The second-order valence-corrected chi connectivity index (χ2v) is 6.64. The molecule has 2 aromatic heterocycles. The van der Waals surface area contributed by atoms with E-state index < -0.39 is 0 Å². The number of hydrogen-bond donors (Lipinski definition) is 4. The number of aryl methyl sites for hydroxylation is 1. The lowest BCUT2D eigenvalue weighted by Crippen LogP contribution is -2.32. The Kier molecular flexibility index (Phi) is 6.05. The molecule has 4 N–H and O–H groups in total. The minimum Gasteiger partial charge on any atom is -0.493 e. The van der Waals surface area contributed by atoms with Gasteiger partial charge in [0.1, 0.15) is 11.6 Å². The lowest BCUT2D eigenvalue weighted by molar-refractivity contribution is 0.364. The summed E-state index contributed by atoms with van der Waals surface area (Å²) in [5.41, 5.74) is 3.21. The molecule has 0 amide bonds. The topological polar surface area (TPSA) is 111 Å². The predicted octanol–water partition coefficient (Wildman–Crippen LogP) is 2.62. The molecule has 9 nitrogen and oxygen atoms in total. The zero-order valence-electron chi connectivity index (χ0n) is 16.6. The highest BCUT2D eigenvalue weighted by Crippen LogP contribution is 2.27. The molecule has 148 valence electrons. The molecular weight excluding hydrogens is 356 g/mol. The highest BCUT2D eigenvalue weighted by Gasteiger charge is 2.16. The van der Waals surface area contributed by atoms with Crippen molar-refractivity contribution in [3.63, 3.8) is 0 Å². The summed E-state index contributed by atoms with van der Waals surface area (Å²) in [6.07, 6.45) is 4.25. The van der Waals surface area contributed by atoms with E-state index in [1.54, 1.807) is 13.3 Å². The fourth-order valence-corrected chi connectivity index (χ4v) is 2.88. The molecule has 0 bridgehead atoms. The second-order valence-electron chi connectivity index (χ2n) is 6.64. The fourth-order valence-electron chi connectivity index (χ4n) is 2.88. The third kappa shape index (κ3) is 4.74. The maximum atomic E-state index is 8.14. The summed E-state index contributed by atoms with van der Waals surface area (Å²) in [5, 5.41) is 17.5. The number of nitrogens with zero attached hydrogens (tertiary/aromatic N) is 4. The number of anilines is 4. The second kappa shape index (κ2) is 8.66. The van der Waals surface area contributed by atoms with E-state index in [0.717, 1.165) is 42.3 Å². The average Bonchev–Trinajstić information content (AvgIpc) is 2.68. The fraction of sp³-hybridized carbons (Fsp3) is 0.368. The van der Waals surface area contributed by atoms with Gasteiger partial charge in [0.2, 0.25) is 5.95 Å². The summed E-state index contributed by atoms with van der Waals surface area (Å²) >= 11 is 0. The summed E-state index contributed by atoms with van der Waals surface area (Å²) in [5.74, 6) is 2.39. The number of ether oxygens (including phenoxy) is 1. The van der Waals surface area contributed by atoms with Gasteiger partial charge in [0, 0.05) is 61.9 Å². The van der Waals surface area contributed by atoms with E-state index in [0.29, 0.717) is 23.2 Å². The van der Waals surface area contributed by atoms with Crippen LogP contribution in [0.5, 0.6) is 5.75 Å². The lowest BCUT2D eigenvalue weighted by Gasteiger charge is -2.25. The Morgan fingerprint density at radius 3 is 2.82 bits per heavy atom. The first kappa shape index (κ1) is 19.6. The zero-order valence-corrected chi connectivity index (χ0v) is 16.6. The number of nitrogens with one attached hydrogen (secondary N) is 4. The number of rotatable bonds is 6. The van der Waals surface area contributed by atoms with Crippen LogP contribution in [0.25, 0.3) is 0 Å². The summed E-state index contributed by atoms with van der Waals surface area (Å²) in [6, 6.07) is 3.69. The zero-order chi connectivity index (χ0) is 20.1. The van der Waals surface area contributed by atoms with E-state index in [2.05, 4.69) is 42.8 Å². The van der Waals surface area contributed by atoms with Crippen molar-refractivity contribution >= 4 is 29.0 Å². The number of likely N-dealkylation sites (tertiary alicyclic amines) is 1. The van der Waals surface area contributed by atoms with Crippen molar-refractivity contribution in [2.75, 3.05) is 50.2 Å². The maximum Gasteiger partial charge on any atom is 0.230 e. The molecule has 28 heavy (non-hydrogen) atoms. The van der Waals surface area contributed by atoms with Gasteiger partial charge in [-0.25, -0.2) is 9.97 Å². The van der Waals surface area contributed by atoms with Crippen molar-refractivity contribution in [1.29, 1.82) is 5.41 Å². The Bertz CT molecular complexity index is 895. The van der Waals surface area contributed by atoms with Crippen LogP contribution in [0.15, 0.2) is 30.1 Å². The van der Waals surface area contributed by atoms with Gasteiger partial charge in [-0.1, -0.05) is 0 Å². The molecule has 1 fully saturated rings. The summed E-state index contributed by atoms with van der Waals surface area (Å²) in [4.78, 5) is 15.3. The molecule has 1 aliphatic heterocycles. The first-order valence-corrected chi connectivity index (χ1v) is 9.05. The molecule has 0 aliphatic carbocycles. The van der Waals surface area contributed by atoms with Crippen LogP contribution in [0.1, 0.15) is 12.1 Å². The highest BCUT2D eigenvalue weighted by molar-refractivity contribution is 5.99. The van der Waals surface area contributed by atoms with Crippen LogP contribution in [0.4, 0.5) is 23.3 Å². The Morgan fingerprint density at radius 2 is 2.07 bits per heavy atom. The quantitative estimate of drug-likeness (QED) is 0.603. The first-order chi connectivity index (χ1) is 13.5. The molecule has 0 unspecified atom stereocenters. The number of hydrogen-bond acceptors (Lipinski definition) is 9. The van der Waals surface area contributed by atoms with Crippen LogP contribution in [0.3, 0.4) is 0 Å². The minimum absolute atomic E-state index is 0.460. The van der Waals surface area contributed by atoms with Crippen molar-refractivity contribution in [2.24, 2.45) is 0 Å². The van der Waals surface area contributed by atoms with Gasteiger partial charge >= 0.3 is 0 Å². The van der Waals surface area contributed by atoms with Gasteiger partial charge in [-0.15, -0.1) is 0 Å². The molecule has 3 rings (SSSR count). The van der Waals surface area contributed by atoms with Crippen molar-refractivity contribution in [3.05, 3.63) is 35.8 Å². The van der Waals surface area contributed by atoms with Crippen LogP contribution < -0.4 is 20.7 Å². The molecule has 0 aromatic carbocycles. The van der Waals surface area contributed by atoms with Crippen molar-refractivity contribution < 1.29 is 4.74 Å². The van der Waals surface area contributed by atoms with Gasteiger partial charge in [0.15, 0.2) is 5.75 Å². The summed E-state index contributed by atoms with van der Waals surface area (Å²) in [7, 11) is 5.46. The predicted molar refractivity (Wildman–Crippen MR) is 112 cm³/mol. The van der Waals surface area contributed by atoms with Crippen LogP contribution >= 0.6 is 0 Å². The molecule has 3 heterocycles. The van der Waals surface area contributed by atoms with Crippen LogP contribution in [0, 0.1) is 12.3 Å². The number of aromatic nitrogens is 3. The Hall–Kier alpha value is -3.20. The van der Waals surface area contributed by atoms with Gasteiger partial charge in [-0.2, -0.15) is 4.98 Å². The van der Waals surface area contributed by atoms with Crippen LogP contribution in [0.2, 0.25) is 0 Å². The number of methoxy groups -OCH3 is 1. The largest absolute Gasteiger partial charge is 0.493 e. The van der Waals surface area contributed by atoms with Crippen molar-refractivity contribution in [3.8, 4) is 5.75 Å².